The highest BCUT2D eigenvalue weighted by molar-refractivity contribution is 6.02. The van der Waals surface area contributed by atoms with Crippen LogP contribution in [-0.2, 0) is 6.54 Å². The number of anilines is 1. The summed E-state index contributed by atoms with van der Waals surface area (Å²) in [5.41, 5.74) is 2.70. The fourth-order valence-electron chi connectivity index (χ4n) is 3.97. The Morgan fingerprint density at radius 3 is 2.31 bits per heavy atom. The van der Waals surface area contributed by atoms with E-state index in [0.717, 1.165) is 22.7 Å². The molecule has 8 heteroatoms. The van der Waals surface area contributed by atoms with Crippen molar-refractivity contribution in [1.29, 1.82) is 0 Å². The summed E-state index contributed by atoms with van der Waals surface area (Å²) < 4.78 is 7.45. The van der Waals surface area contributed by atoms with Crippen LogP contribution in [0.5, 0.6) is 11.5 Å². The number of aromatic amines is 1. The van der Waals surface area contributed by atoms with Crippen molar-refractivity contribution in [3.05, 3.63) is 113 Å². The Morgan fingerprint density at radius 2 is 1.54 bits per heavy atom. The largest absolute Gasteiger partial charge is 0.457 e. The normalized spacial score (nSPS) is 11.1. The number of aromatic nitrogens is 5. The van der Waals surface area contributed by atoms with Gasteiger partial charge in [-0.1, -0.05) is 48.5 Å². The number of H-pyrrole nitrogens is 1. The molecule has 6 rings (SSSR count). The molecule has 0 fully saturated rings. The number of ether oxygens (including phenoxy) is 1. The SMILES string of the molecule is O=c1c2cn[nH]c2c2cnc(NCc3ccc(Oc4ccccc4)cc3)nc2n1-c1ccccc1. The van der Waals surface area contributed by atoms with Crippen LogP contribution in [0.3, 0.4) is 0 Å². The smallest absolute Gasteiger partial charge is 0.267 e. The van der Waals surface area contributed by atoms with Crippen molar-refractivity contribution in [3.63, 3.8) is 0 Å². The zero-order valence-electron chi connectivity index (χ0n) is 18.6. The fourth-order valence-corrected chi connectivity index (χ4v) is 3.97. The highest BCUT2D eigenvalue weighted by Crippen LogP contribution is 2.24. The van der Waals surface area contributed by atoms with E-state index in [1.54, 1.807) is 10.8 Å². The van der Waals surface area contributed by atoms with Gasteiger partial charge in [0.15, 0.2) is 5.65 Å². The van der Waals surface area contributed by atoms with E-state index < -0.39 is 0 Å². The van der Waals surface area contributed by atoms with E-state index in [1.807, 2.05) is 84.9 Å². The first-order chi connectivity index (χ1) is 17.3. The molecule has 3 aromatic carbocycles. The number of hydrogen-bond acceptors (Lipinski definition) is 6. The van der Waals surface area contributed by atoms with Crippen LogP contribution in [0.4, 0.5) is 5.95 Å². The van der Waals surface area contributed by atoms with Gasteiger partial charge in [-0.3, -0.25) is 14.5 Å². The van der Waals surface area contributed by atoms with Gasteiger partial charge in [-0.15, -0.1) is 0 Å². The highest BCUT2D eigenvalue weighted by Gasteiger charge is 2.16. The van der Waals surface area contributed by atoms with E-state index in [1.165, 1.54) is 6.20 Å². The molecule has 170 valence electrons. The molecule has 0 saturated heterocycles. The van der Waals surface area contributed by atoms with E-state index in [4.69, 9.17) is 9.72 Å². The average Bonchev–Trinajstić information content (AvgIpc) is 3.40. The molecule has 2 N–H and O–H groups in total. The van der Waals surface area contributed by atoms with Crippen molar-refractivity contribution in [2.75, 3.05) is 5.32 Å². The third-order valence-corrected chi connectivity index (χ3v) is 5.69. The topological polar surface area (TPSA) is 97.7 Å². The maximum absolute atomic E-state index is 13.3. The Labute approximate surface area is 199 Å². The number of pyridine rings is 1. The molecule has 6 aromatic rings. The molecule has 3 heterocycles. The molecule has 0 radical (unpaired) electrons. The van der Waals surface area contributed by atoms with Gasteiger partial charge in [0.25, 0.3) is 5.56 Å². The van der Waals surface area contributed by atoms with Crippen molar-refractivity contribution >= 4 is 27.9 Å². The zero-order chi connectivity index (χ0) is 23.6. The van der Waals surface area contributed by atoms with Gasteiger partial charge in [0.2, 0.25) is 5.95 Å². The van der Waals surface area contributed by atoms with E-state index in [9.17, 15) is 4.79 Å². The van der Waals surface area contributed by atoms with Crippen LogP contribution in [0.25, 0.3) is 27.6 Å². The van der Waals surface area contributed by atoms with Crippen LogP contribution in [0.1, 0.15) is 5.56 Å². The lowest BCUT2D eigenvalue weighted by Gasteiger charge is -2.12. The lowest BCUT2D eigenvalue weighted by atomic mass is 10.2. The summed E-state index contributed by atoms with van der Waals surface area (Å²) in [4.78, 5) is 22.4. The first-order valence-electron chi connectivity index (χ1n) is 11.1. The first kappa shape index (κ1) is 20.6. The molecule has 0 amide bonds. The minimum atomic E-state index is -0.189. The van der Waals surface area contributed by atoms with E-state index in [0.29, 0.717) is 34.4 Å². The number of nitrogens with one attached hydrogen (secondary N) is 2. The number of fused-ring (bicyclic) bond motifs is 3. The minimum absolute atomic E-state index is 0.189. The number of para-hydroxylation sites is 2. The van der Waals surface area contributed by atoms with Gasteiger partial charge in [0, 0.05) is 12.7 Å². The zero-order valence-corrected chi connectivity index (χ0v) is 18.6. The van der Waals surface area contributed by atoms with Crippen molar-refractivity contribution in [3.8, 4) is 17.2 Å². The predicted molar refractivity (Wildman–Crippen MR) is 135 cm³/mol. The van der Waals surface area contributed by atoms with Crippen LogP contribution in [0, 0.1) is 0 Å². The summed E-state index contributed by atoms with van der Waals surface area (Å²) in [5.74, 6) is 1.97. The third-order valence-electron chi connectivity index (χ3n) is 5.69. The fraction of sp³-hybridized carbons (Fsp3) is 0.0370. The van der Waals surface area contributed by atoms with Crippen molar-refractivity contribution < 1.29 is 4.74 Å². The summed E-state index contributed by atoms with van der Waals surface area (Å²) in [6.45, 7) is 0.513. The van der Waals surface area contributed by atoms with Gasteiger partial charge in [-0.05, 0) is 42.0 Å². The molecule has 0 aliphatic carbocycles. The van der Waals surface area contributed by atoms with Crippen molar-refractivity contribution in [2.45, 2.75) is 6.54 Å². The summed E-state index contributed by atoms with van der Waals surface area (Å²) in [5, 5.41) is 11.4. The molecule has 0 aliphatic rings. The summed E-state index contributed by atoms with van der Waals surface area (Å²) in [6.07, 6.45) is 3.24. The van der Waals surface area contributed by atoms with Crippen LogP contribution in [-0.4, -0.2) is 24.7 Å². The molecular weight excluding hydrogens is 440 g/mol. The Hall–Kier alpha value is -4.98. The monoisotopic (exact) mass is 460 g/mol. The molecule has 0 bridgehead atoms. The summed E-state index contributed by atoms with van der Waals surface area (Å²) >= 11 is 0. The molecule has 0 aliphatic heterocycles. The number of rotatable bonds is 6. The molecule has 8 nitrogen and oxygen atoms in total. The Kier molecular flexibility index (Phi) is 5.16. The van der Waals surface area contributed by atoms with Gasteiger partial charge >= 0.3 is 0 Å². The summed E-state index contributed by atoms with van der Waals surface area (Å²) in [7, 11) is 0. The molecule has 0 spiro atoms. The Bertz CT molecular complexity index is 1680. The molecular formula is C27H20N6O2. The molecule has 35 heavy (non-hydrogen) atoms. The van der Waals surface area contributed by atoms with E-state index >= 15 is 0 Å². The number of hydrogen-bond donors (Lipinski definition) is 2. The lowest BCUT2D eigenvalue weighted by molar-refractivity contribution is 0.482. The molecule has 0 unspecified atom stereocenters. The molecule has 3 aromatic heterocycles. The van der Waals surface area contributed by atoms with Gasteiger partial charge in [0.05, 0.1) is 28.2 Å². The van der Waals surface area contributed by atoms with Crippen LogP contribution >= 0.6 is 0 Å². The molecule has 0 saturated carbocycles. The maximum Gasteiger partial charge on any atom is 0.267 e. The van der Waals surface area contributed by atoms with Gasteiger partial charge in [-0.2, -0.15) is 10.1 Å². The van der Waals surface area contributed by atoms with Gasteiger partial charge in [-0.25, -0.2) is 4.98 Å². The Morgan fingerprint density at radius 1 is 0.829 bits per heavy atom. The van der Waals surface area contributed by atoms with Gasteiger partial charge < -0.3 is 10.1 Å². The second-order valence-electron chi connectivity index (χ2n) is 7.98. The first-order valence-corrected chi connectivity index (χ1v) is 11.1. The van der Waals surface area contributed by atoms with E-state index in [-0.39, 0.29) is 5.56 Å². The average molecular weight is 460 g/mol. The Balaban J connectivity index is 1.30. The lowest BCUT2D eigenvalue weighted by Crippen LogP contribution is -2.20. The van der Waals surface area contributed by atoms with Crippen LogP contribution in [0.2, 0.25) is 0 Å². The third kappa shape index (κ3) is 3.97. The van der Waals surface area contributed by atoms with Crippen molar-refractivity contribution in [2.24, 2.45) is 0 Å². The predicted octanol–water partition coefficient (Wildman–Crippen LogP) is 5.06. The van der Waals surface area contributed by atoms with Gasteiger partial charge in [0.1, 0.15) is 11.5 Å². The number of benzene rings is 3. The number of nitrogens with zero attached hydrogens (tertiary/aromatic N) is 4. The second kappa shape index (κ2) is 8.75. The van der Waals surface area contributed by atoms with Crippen molar-refractivity contribution in [1.82, 2.24) is 24.7 Å². The van der Waals surface area contributed by atoms with E-state index in [2.05, 4.69) is 20.5 Å². The molecule has 0 atom stereocenters. The maximum atomic E-state index is 13.3. The van der Waals surface area contributed by atoms with Crippen LogP contribution in [0.15, 0.2) is 102 Å². The standard InChI is InChI=1S/C27H20N6O2/c34-26-23-17-30-32-24(23)22-16-29-27(31-25(22)33(26)19-7-3-1-4-8-19)28-15-18-11-13-21(14-12-18)35-20-9-5-2-6-10-20/h1-14,16-17H,15H2,(H,30,32)(H,28,29,31). The second-order valence-corrected chi connectivity index (χ2v) is 7.98. The highest BCUT2D eigenvalue weighted by atomic mass is 16.5. The minimum Gasteiger partial charge on any atom is -0.457 e. The quantitative estimate of drug-likeness (QED) is 0.361. The van der Waals surface area contributed by atoms with Crippen LogP contribution < -0.4 is 15.6 Å². The summed E-state index contributed by atoms with van der Waals surface area (Å²) in [6, 6.07) is 26.9.